The molecule has 2 aromatic carbocycles. The summed E-state index contributed by atoms with van der Waals surface area (Å²) < 4.78 is 22.5. The van der Waals surface area contributed by atoms with Gasteiger partial charge >= 0.3 is 0 Å². The number of furan rings is 1. The van der Waals surface area contributed by atoms with Gasteiger partial charge in [0.25, 0.3) is 5.91 Å². The Bertz CT molecular complexity index is 1380. The first kappa shape index (κ1) is 23.7. The minimum Gasteiger partial charge on any atom is -0.496 e. The maximum atomic E-state index is 13.8. The monoisotopic (exact) mass is 486 g/mol. The molecule has 0 bridgehead atoms. The maximum Gasteiger partial charge on any atom is 0.254 e. The number of methoxy groups -OCH3 is 3. The predicted octanol–water partition coefficient (Wildman–Crippen LogP) is 5.85. The van der Waals surface area contributed by atoms with Crippen LogP contribution in [0.2, 0.25) is 0 Å². The van der Waals surface area contributed by atoms with E-state index in [1.54, 1.807) is 21.3 Å². The summed E-state index contributed by atoms with van der Waals surface area (Å²) in [4.78, 5) is 20.5. The number of aromatic nitrogens is 1. The number of amides is 1. The normalized spacial score (nSPS) is 14.2. The standard InChI is InChI=1S/C29H30N2O5/c1-18-9-10-25(36-18)24-17-22(21-7-5-6-8-23(21)30-24)29(32)31-13-11-19(12-14-31)28-26(34-3)15-20(33-2)16-27(28)35-4/h5-10,15-17,19H,11-14H2,1-4H3. The first-order chi connectivity index (χ1) is 17.5. The number of para-hydroxylation sites is 1. The van der Waals surface area contributed by atoms with E-state index in [1.807, 2.05) is 66.4 Å². The zero-order valence-electron chi connectivity index (χ0n) is 21.0. The molecule has 0 radical (unpaired) electrons. The summed E-state index contributed by atoms with van der Waals surface area (Å²) in [5.41, 5.74) is 3.10. The van der Waals surface area contributed by atoms with E-state index in [4.69, 9.17) is 23.6 Å². The Morgan fingerprint density at radius 2 is 1.64 bits per heavy atom. The molecule has 1 fully saturated rings. The number of hydrogen-bond acceptors (Lipinski definition) is 6. The van der Waals surface area contributed by atoms with Crippen LogP contribution in [0.5, 0.6) is 17.2 Å². The third-order valence-corrected chi connectivity index (χ3v) is 6.88. The third-order valence-electron chi connectivity index (χ3n) is 6.88. The molecule has 186 valence electrons. The lowest BCUT2D eigenvalue weighted by atomic mass is 9.87. The van der Waals surface area contributed by atoms with Crippen LogP contribution in [0.3, 0.4) is 0 Å². The molecule has 0 unspecified atom stereocenters. The number of likely N-dealkylation sites (tertiary alicyclic amines) is 1. The van der Waals surface area contributed by atoms with Gasteiger partial charge in [-0.3, -0.25) is 4.79 Å². The summed E-state index contributed by atoms with van der Waals surface area (Å²) in [5.74, 6) is 3.85. The number of nitrogens with zero attached hydrogens (tertiary/aromatic N) is 2. The summed E-state index contributed by atoms with van der Waals surface area (Å²) in [6.07, 6.45) is 1.61. The van der Waals surface area contributed by atoms with Crippen LogP contribution < -0.4 is 14.2 Å². The van der Waals surface area contributed by atoms with Gasteiger partial charge < -0.3 is 23.5 Å². The smallest absolute Gasteiger partial charge is 0.254 e. The molecule has 7 heteroatoms. The van der Waals surface area contributed by atoms with Crippen LogP contribution in [-0.4, -0.2) is 50.2 Å². The van der Waals surface area contributed by atoms with Gasteiger partial charge in [0.1, 0.15) is 28.7 Å². The Balaban J connectivity index is 1.42. The van der Waals surface area contributed by atoms with Gasteiger partial charge in [-0.25, -0.2) is 4.98 Å². The van der Waals surface area contributed by atoms with Crippen molar-refractivity contribution in [1.29, 1.82) is 0 Å². The van der Waals surface area contributed by atoms with Crippen LogP contribution in [0.1, 0.15) is 40.4 Å². The van der Waals surface area contributed by atoms with E-state index in [9.17, 15) is 4.79 Å². The molecule has 4 aromatic rings. The van der Waals surface area contributed by atoms with Crippen LogP contribution in [0, 0.1) is 6.92 Å². The molecule has 7 nitrogen and oxygen atoms in total. The van der Waals surface area contributed by atoms with Crippen molar-refractivity contribution in [2.75, 3.05) is 34.4 Å². The van der Waals surface area contributed by atoms with Crippen LogP contribution in [0.25, 0.3) is 22.4 Å². The number of hydrogen-bond donors (Lipinski definition) is 0. The lowest BCUT2D eigenvalue weighted by molar-refractivity contribution is 0.0714. The van der Waals surface area contributed by atoms with E-state index < -0.39 is 0 Å². The van der Waals surface area contributed by atoms with Crippen LogP contribution >= 0.6 is 0 Å². The van der Waals surface area contributed by atoms with Crippen LogP contribution in [0.4, 0.5) is 0 Å². The molecule has 0 spiro atoms. The van der Waals surface area contributed by atoms with Gasteiger partial charge in [-0.05, 0) is 49.9 Å². The number of carbonyl (C=O) groups excluding carboxylic acids is 1. The number of carbonyl (C=O) groups is 1. The summed E-state index contributed by atoms with van der Waals surface area (Å²) in [7, 11) is 4.94. The highest BCUT2D eigenvalue weighted by molar-refractivity contribution is 6.07. The number of rotatable bonds is 6. The molecule has 36 heavy (non-hydrogen) atoms. The molecule has 5 rings (SSSR count). The quantitative estimate of drug-likeness (QED) is 0.340. The molecule has 1 aliphatic rings. The number of pyridine rings is 1. The predicted molar refractivity (Wildman–Crippen MR) is 138 cm³/mol. The summed E-state index contributed by atoms with van der Waals surface area (Å²) in [6.45, 7) is 3.16. The van der Waals surface area contributed by atoms with E-state index in [-0.39, 0.29) is 11.8 Å². The number of fused-ring (bicyclic) bond motifs is 1. The molecule has 0 saturated carbocycles. The van der Waals surface area contributed by atoms with Gasteiger partial charge in [0.05, 0.1) is 32.4 Å². The zero-order valence-corrected chi connectivity index (χ0v) is 21.0. The lowest BCUT2D eigenvalue weighted by Gasteiger charge is -2.33. The van der Waals surface area contributed by atoms with Crippen molar-refractivity contribution in [1.82, 2.24) is 9.88 Å². The molecule has 1 aliphatic heterocycles. The Morgan fingerprint density at radius 1 is 0.944 bits per heavy atom. The van der Waals surface area contributed by atoms with E-state index in [1.165, 1.54) is 0 Å². The summed E-state index contributed by atoms with van der Waals surface area (Å²) in [5, 5.41) is 0.843. The van der Waals surface area contributed by atoms with Crippen LogP contribution in [0.15, 0.2) is 59.0 Å². The van der Waals surface area contributed by atoms with Crippen molar-refractivity contribution >= 4 is 16.8 Å². The molecule has 0 aliphatic carbocycles. The second-order valence-corrected chi connectivity index (χ2v) is 8.99. The molecule has 2 aromatic heterocycles. The van der Waals surface area contributed by atoms with Gasteiger partial charge in [0.2, 0.25) is 0 Å². The molecule has 1 saturated heterocycles. The van der Waals surface area contributed by atoms with Crippen molar-refractivity contribution in [3.8, 4) is 28.7 Å². The fourth-order valence-corrected chi connectivity index (χ4v) is 5.03. The Kier molecular flexibility index (Phi) is 6.55. The Labute approximate surface area is 210 Å². The fraction of sp³-hybridized carbons (Fsp3) is 0.310. The van der Waals surface area contributed by atoms with Gasteiger partial charge in [-0.15, -0.1) is 0 Å². The molecule has 1 amide bonds. The van der Waals surface area contributed by atoms with Crippen molar-refractivity contribution in [2.45, 2.75) is 25.7 Å². The topological polar surface area (TPSA) is 74.0 Å². The highest BCUT2D eigenvalue weighted by Crippen LogP contribution is 2.43. The van der Waals surface area contributed by atoms with Gasteiger partial charge in [-0.1, -0.05) is 18.2 Å². The molecule has 0 atom stereocenters. The fourth-order valence-electron chi connectivity index (χ4n) is 5.03. The highest BCUT2D eigenvalue weighted by atomic mass is 16.5. The molecular weight excluding hydrogens is 456 g/mol. The minimum absolute atomic E-state index is 0.00485. The van der Waals surface area contributed by atoms with Gasteiger partial charge in [-0.2, -0.15) is 0 Å². The molecule has 0 N–H and O–H groups in total. The zero-order chi connectivity index (χ0) is 25.2. The summed E-state index contributed by atoms with van der Waals surface area (Å²) in [6, 6.07) is 17.2. The highest BCUT2D eigenvalue weighted by Gasteiger charge is 2.30. The van der Waals surface area contributed by atoms with Crippen molar-refractivity contribution < 1.29 is 23.4 Å². The number of benzene rings is 2. The van der Waals surface area contributed by atoms with Crippen molar-refractivity contribution in [3.63, 3.8) is 0 Å². The van der Waals surface area contributed by atoms with E-state index in [0.717, 1.165) is 46.6 Å². The average molecular weight is 487 g/mol. The Hall–Kier alpha value is -4.00. The van der Waals surface area contributed by atoms with E-state index >= 15 is 0 Å². The largest absolute Gasteiger partial charge is 0.496 e. The summed E-state index contributed by atoms with van der Waals surface area (Å²) >= 11 is 0. The SMILES string of the molecule is COc1cc(OC)c(C2CCN(C(=O)c3cc(-c4ccc(C)o4)nc4ccccc34)CC2)c(OC)c1. The molecule has 3 heterocycles. The van der Waals surface area contributed by atoms with Crippen LogP contribution in [-0.2, 0) is 0 Å². The minimum atomic E-state index is 0.00485. The first-order valence-corrected chi connectivity index (χ1v) is 12.1. The van der Waals surface area contributed by atoms with E-state index in [2.05, 4.69) is 0 Å². The average Bonchev–Trinajstić information content (AvgIpc) is 3.37. The van der Waals surface area contributed by atoms with E-state index in [0.29, 0.717) is 35.9 Å². The maximum absolute atomic E-state index is 13.8. The third kappa shape index (κ3) is 4.37. The van der Waals surface area contributed by atoms with Gasteiger partial charge in [0.15, 0.2) is 5.76 Å². The Morgan fingerprint density at radius 3 is 2.25 bits per heavy atom. The number of ether oxygens (including phenoxy) is 3. The lowest BCUT2D eigenvalue weighted by Crippen LogP contribution is -2.38. The van der Waals surface area contributed by atoms with Crippen molar-refractivity contribution in [2.24, 2.45) is 0 Å². The second-order valence-electron chi connectivity index (χ2n) is 8.99. The molecular formula is C29H30N2O5. The number of aryl methyl sites for hydroxylation is 1. The second kappa shape index (κ2) is 9.93. The van der Waals surface area contributed by atoms with Gasteiger partial charge in [0, 0.05) is 36.2 Å². The van der Waals surface area contributed by atoms with Crippen molar-refractivity contribution in [3.05, 3.63) is 71.5 Å². The first-order valence-electron chi connectivity index (χ1n) is 12.1. The number of piperidine rings is 1.